The lowest BCUT2D eigenvalue weighted by atomic mass is 10.1. The largest absolute Gasteiger partial charge is 0.663 e. The van der Waals surface area contributed by atoms with Crippen molar-refractivity contribution in [1.29, 1.82) is 0 Å². The Labute approximate surface area is 105 Å². The maximum Gasteiger partial charge on any atom is 0.663 e. The van der Waals surface area contributed by atoms with Crippen molar-refractivity contribution >= 4 is 18.1 Å². The normalized spacial score (nSPS) is 12.1. The number of hydrogen-bond acceptors (Lipinski definition) is 4. The highest BCUT2D eigenvalue weighted by atomic mass is 28.4. The Balaban J connectivity index is 2.20. The van der Waals surface area contributed by atoms with Crippen molar-refractivity contribution in [1.82, 2.24) is 0 Å². The van der Waals surface area contributed by atoms with Gasteiger partial charge in [0, 0.05) is 6.61 Å². The van der Waals surface area contributed by atoms with Gasteiger partial charge in [0.2, 0.25) is 0 Å². The Hall–Kier alpha value is -0.506. The van der Waals surface area contributed by atoms with Crippen LogP contribution in [0.3, 0.4) is 0 Å². The second kappa shape index (κ2) is 7.05. The third-order valence-corrected chi connectivity index (χ3v) is 5.83. The molecule has 0 aromatic heterocycles. The van der Waals surface area contributed by atoms with Crippen LogP contribution in [0.1, 0.15) is 12.0 Å². The van der Waals surface area contributed by atoms with E-state index < -0.39 is 18.1 Å². The molecule has 0 unspecified atom stereocenters. The molecule has 1 aromatic carbocycles. The van der Waals surface area contributed by atoms with Gasteiger partial charge >= 0.3 is 9.05 Å². The van der Waals surface area contributed by atoms with E-state index in [-0.39, 0.29) is 0 Å². The predicted molar refractivity (Wildman–Crippen MR) is 70.9 cm³/mol. The molecule has 4 nitrogen and oxygen atoms in total. The van der Waals surface area contributed by atoms with Crippen LogP contribution in [-0.4, -0.2) is 34.3 Å². The van der Waals surface area contributed by atoms with Crippen LogP contribution in [0.15, 0.2) is 30.3 Å². The first-order chi connectivity index (χ1) is 7.99. The summed E-state index contributed by atoms with van der Waals surface area (Å²) in [5.41, 5.74) is 1.22. The summed E-state index contributed by atoms with van der Waals surface area (Å²) in [7, 11) is -5.31. The van der Waals surface area contributed by atoms with E-state index in [1.54, 1.807) is 0 Å². The molecule has 0 saturated heterocycles. The van der Waals surface area contributed by atoms with Gasteiger partial charge in [0.25, 0.3) is 0 Å². The average molecular weight is 272 g/mol. The lowest BCUT2D eigenvalue weighted by Gasteiger charge is -2.19. The molecule has 1 rings (SSSR count). The molecule has 0 aliphatic rings. The number of aryl methyl sites for hydroxylation is 1. The van der Waals surface area contributed by atoms with Gasteiger partial charge < -0.3 is 18.1 Å². The molecular formula is C11H20O4Si2. The second-order valence-electron chi connectivity index (χ2n) is 4.15. The zero-order chi connectivity index (χ0) is 12.7. The second-order valence-corrected chi connectivity index (χ2v) is 8.58. The number of benzene rings is 1. The van der Waals surface area contributed by atoms with Crippen molar-refractivity contribution in [3.8, 4) is 0 Å². The summed E-state index contributed by atoms with van der Waals surface area (Å²) in [6, 6.07) is 10.0. The number of rotatable bonds is 7. The van der Waals surface area contributed by atoms with Crippen LogP contribution in [0.5, 0.6) is 0 Å². The van der Waals surface area contributed by atoms with Crippen LogP contribution in [0.4, 0.5) is 0 Å². The van der Waals surface area contributed by atoms with Crippen LogP contribution in [0.2, 0.25) is 13.1 Å². The Morgan fingerprint density at radius 1 is 1.18 bits per heavy atom. The van der Waals surface area contributed by atoms with E-state index >= 15 is 0 Å². The van der Waals surface area contributed by atoms with E-state index in [1.165, 1.54) is 5.56 Å². The quantitative estimate of drug-likeness (QED) is 0.575. The molecule has 0 radical (unpaired) electrons. The zero-order valence-corrected chi connectivity index (χ0v) is 12.5. The monoisotopic (exact) mass is 272 g/mol. The van der Waals surface area contributed by atoms with Gasteiger partial charge in [0.05, 0.1) is 0 Å². The van der Waals surface area contributed by atoms with Crippen LogP contribution >= 0.6 is 0 Å². The lowest BCUT2D eigenvalue weighted by molar-refractivity contribution is 0.0717. The Morgan fingerprint density at radius 2 is 1.82 bits per heavy atom. The van der Waals surface area contributed by atoms with Crippen molar-refractivity contribution in [2.75, 3.05) is 6.61 Å². The number of hydrogen-bond donors (Lipinski definition) is 2. The minimum atomic E-state index is -3.84. The van der Waals surface area contributed by atoms with Crippen molar-refractivity contribution in [2.24, 2.45) is 0 Å². The summed E-state index contributed by atoms with van der Waals surface area (Å²) in [5.74, 6) is 0. The summed E-state index contributed by atoms with van der Waals surface area (Å²) >= 11 is 0. The Morgan fingerprint density at radius 3 is 2.41 bits per heavy atom. The van der Waals surface area contributed by atoms with Gasteiger partial charge in [0.1, 0.15) is 0 Å². The van der Waals surface area contributed by atoms with Crippen LogP contribution in [0, 0.1) is 0 Å². The van der Waals surface area contributed by atoms with E-state index in [0.717, 1.165) is 12.8 Å². The summed E-state index contributed by atoms with van der Waals surface area (Å²) in [6.45, 7) is 4.07. The first kappa shape index (κ1) is 14.6. The van der Waals surface area contributed by atoms with Gasteiger partial charge in [-0.2, -0.15) is 0 Å². The van der Waals surface area contributed by atoms with Crippen molar-refractivity contribution in [3.05, 3.63) is 35.9 Å². The molecule has 2 N–H and O–H groups in total. The maximum absolute atomic E-state index is 9.47. The molecule has 0 amide bonds. The molecule has 6 heteroatoms. The van der Waals surface area contributed by atoms with E-state index in [2.05, 4.69) is 0 Å². The molecule has 1 aromatic rings. The lowest BCUT2D eigenvalue weighted by Crippen LogP contribution is -2.46. The summed E-state index contributed by atoms with van der Waals surface area (Å²) in [5, 5.41) is 0. The van der Waals surface area contributed by atoms with Crippen molar-refractivity contribution in [3.63, 3.8) is 0 Å². The maximum atomic E-state index is 9.47. The van der Waals surface area contributed by atoms with Gasteiger partial charge in [-0.05, 0) is 31.5 Å². The average Bonchev–Trinajstić information content (AvgIpc) is 2.24. The molecule has 0 aliphatic heterocycles. The fourth-order valence-electron chi connectivity index (χ4n) is 1.47. The fourth-order valence-corrected chi connectivity index (χ4v) is 4.61. The Kier molecular flexibility index (Phi) is 6.03. The third-order valence-electron chi connectivity index (χ3n) is 2.13. The summed E-state index contributed by atoms with van der Waals surface area (Å²) in [4.78, 5) is 18.9. The topological polar surface area (TPSA) is 58.9 Å². The smallest absolute Gasteiger partial charge is 0.397 e. The molecular weight excluding hydrogens is 252 g/mol. The molecule has 0 bridgehead atoms. The standard InChI is InChI=1S/C11H20O4Si2/c1-16(2)15-17(12,13)14-10-6-9-11-7-4-3-5-8-11/h3-5,7-8,12-13,16H,6,9-10H2,1-2H3. The van der Waals surface area contributed by atoms with Crippen molar-refractivity contribution in [2.45, 2.75) is 25.9 Å². The third kappa shape index (κ3) is 6.72. The zero-order valence-electron chi connectivity index (χ0n) is 10.3. The molecule has 0 fully saturated rings. The van der Waals surface area contributed by atoms with Gasteiger partial charge in [-0.1, -0.05) is 30.3 Å². The predicted octanol–water partition coefficient (Wildman–Crippen LogP) is 1.06. The van der Waals surface area contributed by atoms with Gasteiger partial charge in [-0.25, -0.2) is 0 Å². The van der Waals surface area contributed by atoms with Gasteiger partial charge in [-0.15, -0.1) is 0 Å². The van der Waals surface area contributed by atoms with E-state index in [0.29, 0.717) is 6.61 Å². The van der Waals surface area contributed by atoms with Crippen LogP contribution in [0.25, 0.3) is 0 Å². The molecule has 0 aliphatic carbocycles. The van der Waals surface area contributed by atoms with E-state index in [4.69, 9.17) is 8.54 Å². The van der Waals surface area contributed by atoms with E-state index in [9.17, 15) is 9.59 Å². The molecule has 96 valence electrons. The highest BCUT2D eigenvalue weighted by Crippen LogP contribution is 2.05. The molecule has 0 saturated carbocycles. The molecule has 0 heterocycles. The van der Waals surface area contributed by atoms with E-state index in [1.807, 2.05) is 43.4 Å². The highest BCUT2D eigenvalue weighted by Gasteiger charge is 2.36. The Bertz CT molecular complexity index is 317. The minimum absolute atomic E-state index is 0.315. The summed E-state index contributed by atoms with van der Waals surface area (Å²) in [6.07, 6.45) is 1.62. The SMILES string of the molecule is C[SiH](C)O[Si](O)(O)OCCCc1ccccc1. The summed E-state index contributed by atoms with van der Waals surface area (Å²) < 4.78 is 10.1. The molecule has 0 atom stereocenters. The first-order valence-corrected chi connectivity index (χ1v) is 10.3. The van der Waals surface area contributed by atoms with Crippen LogP contribution in [-0.2, 0) is 15.0 Å². The molecule has 17 heavy (non-hydrogen) atoms. The van der Waals surface area contributed by atoms with Crippen molar-refractivity contribution < 1.29 is 18.1 Å². The molecule has 0 spiro atoms. The van der Waals surface area contributed by atoms with Gasteiger partial charge in [-0.3, -0.25) is 0 Å². The first-order valence-electron chi connectivity index (χ1n) is 5.80. The minimum Gasteiger partial charge on any atom is -0.397 e. The fraction of sp³-hybridized carbons (Fsp3) is 0.455. The van der Waals surface area contributed by atoms with Gasteiger partial charge in [0.15, 0.2) is 9.04 Å². The highest BCUT2D eigenvalue weighted by molar-refractivity contribution is 6.64. The van der Waals surface area contributed by atoms with Crippen LogP contribution < -0.4 is 0 Å².